The average molecular weight is 548 g/mol. The predicted octanol–water partition coefficient (Wildman–Crippen LogP) is 6.59. The van der Waals surface area contributed by atoms with Gasteiger partial charge in [-0.15, -0.1) is 0 Å². The summed E-state index contributed by atoms with van der Waals surface area (Å²) in [5.41, 5.74) is 6.49. The van der Waals surface area contributed by atoms with Crippen molar-refractivity contribution in [1.82, 2.24) is 30.1 Å². The molecule has 2 aromatic carbocycles. The minimum Gasteiger partial charge on any atom is -0.508 e. The lowest BCUT2D eigenvalue weighted by atomic mass is 9.88. The molecule has 0 radical (unpaired) electrons. The Kier molecular flexibility index (Phi) is 6.15. The fourth-order valence-electron chi connectivity index (χ4n) is 5.59. The van der Waals surface area contributed by atoms with E-state index in [1.165, 1.54) is 18.6 Å². The molecule has 0 saturated heterocycles. The number of imidazole rings is 1. The van der Waals surface area contributed by atoms with Crippen LogP contribution in [-0.2, 0) is 4.79 Å². The van der Waals surface area contributed by atoms with Crippen LogP contribution in [0.2, 0.25) is 0 Å². The first-order valence-corrected chi connectivity index (χ1v) is 13.6. The summed E-state index contributed by atoms with van der Waals surface area (Å²) in [5.74, 6) is -0.103. The second-order valence-corrected chi connectivity index (χ2v) is 10.4. The van der Waals surface area contributed by atoms with E-state index in [1.54, 1.807) is 12.4 Å². The monoisotopic (exact) mass is 547 g/mol. The summed E-state index contributed by atoms with van der Waals surface area (Å²) in [7, 11) is 0. The first-order valence-electron chi connectivity index (χ1n) is 13.6. The van der Waals surface area contributed by atoms with E-state index in [2.05, 4.69) is 25.5 Å². The third kappa shape index (κ3) is 4.77. The number of rotatable bonds is 5. The second kappa shape index (κ2) is 10.1. The normalized spacial score (nSPS) is 14.1. The van der Waals surface area contributed by atoms with Gasteiger partial charge in [0.25, 0.3) is 0 Å². The highest BCUT2D eigenvalue weighted by Crippen LogP contribution is 2.34. The number of anilines is 1. The number of phenolic OH excluding ortho intramolecular Hbond substituents is 1. The van der Waals surface area contributed by atoms with E-state index in [1.807, 2.05) is 36.4 Å². The molecular formula is C31H26FN7O2. The van der Waals surface area contributed by atoms with Crippen molar-refractivity contribution in [3.8, 4) is 39.7 Å². The lowest BCUT2D eigenvalue weighted by Gasteiger charge is -2.20. The van der Waals surface area contributed by atoms with Crippen LogP contribution in [0.1, 0.15) is 32.1 Å². The summed E-state index contributed by atoms with van der Waals surface area (Å²) >= 11 is 0. The Labute approximate surface area is 233 Å². The molecule has 0 unspecified atom stereocenters. The molecule has 0 spiro atoms. The number of nitrogens with zero attached hydrogens (tertiary/aromatic N) is 4. The number of hydrogen-bond acceptors (Lipinski definition) is 6. The molecular weight excluding hydrogens is 521 g/mol. The van der Waals surface area contributed by atoms with Crippen LogP contribution in [0.3, 0.4) is 0 Å². The van der Waals surface area contributed by atoms with E-state index in [9.17, 15) is 14.3 Å². The van der Waals surface area contributed by atoms with Gasteiger partial charge in [0, 0.05) is 29.3 Å². The van der Waals surface area contributed by atoms with Gasteiger partial charge in [0.15, 0.2) is 11.5 Å². The number of aromatic hydroxyl groups is 1. The largest absolute Gasteiger partial charge is 0.508 e. The minimum absolute atomic E-state index is 0.0434. The molecule has 1 aliphatic carbocycles. The molecule has 7 rings (SSSR count). The van der Waals surface area contributed by atoms with Gasteiger partial charge in [-0.05, 0) is 54.8 Å². The van der Waals surface area contributed by atoms with Gasteiger partial charge in [0.2, 0.25) is 5.91 Å². The Balaban J connectivity index is 1.23. The molecule has 4 heterocycles. The molecule has 6 aromatic rings. The number of hydrogen-bond donors (Lipinski definition) is 4. The molecule has 0 atom stereocenters. The van der Waals surface area contributed by atoms with E-state index >= 15 is 0 Å². The number of aromatic amines is 2. The molecule has 0 aliphatic heterocycles. The van der Waals surface area contributed by atoms with E-state index in [-0.39, 0.29) is 17.6 Å². The lowest BCUT2D eigenvalue weighted by Crippen LogP contribution is -2.24. The van der Waals surface area contributed by atoms with Crippen molar-refractivity contribution in [2.45, 2.75) is 32.1 Å². The summed E-state index contributed by atoms with van der Waals surface area (Å²) in [6, 6.07) is 15.1. The van der Waals surface area contributed by atoms with Gasteiger partial charge in [0.05, 0.1) is 34.1 Å². The van der Waals surface area contributed by atoms with Gasteiger partial charge in [0.1, 0.15) is 17.1 Å². The van der Waals surface area contributed by atoms with Crippen LogP contribution in [0.5, 0.6) is 5.75 Å². The molecule has 1 fully saturated rings. The third-order valence-corrected chi connectivity index (χ3v) is 7.62. The number of halogens is 1. The van der Waals surface area contributed by atoms with Gasteiger partial charge >= 0.3 is 0 Å². The maximum absolute atomic E-state index is 14.0. The predicted molar refractivity (Wildman–Crippen MR) is 154 cm³/mol. The molecule has 204 valence electrons. The van der Waals surface area contributed by atoms with Crippen LogP contribution in [0, 0.1) is 11.7 Å². The number of aromatic nitrogens is 6. The Bertz CT molecular complexity index is 1900. The minimum atomic E-state index is -0.533. The highest BCUT2D eigenvalue weighted by atomic mass is 19.1. The summed E-state index contributed by atoms with van der Waals surface area (Å²) in [4.78, 5) is 30.1. The topological polar surface area (TPSA) is 132 Å². The van der Waals surface area contributed by atoms with Gasteiger partial charge in [-0.3, -0.25) is 14.9 Å². The molecule has 4 N–H and O–H groups in total. The molecule has 1 aliphatic rings. The maximum atomic E-state index is 14.0. The molecule has 10 heteroatoms. The molecule has 1 saturated carbocycles. The number of carbonyl (C=O) groups is 1. The summed E-state index contributed by atoms with van der Waals surface area (Å²) < 4.78 is 14.0. The van der Waals surface area contributed by atoms with E-state index in [0.717, 1.165) is 48.3 Å². The maximum Gasteiger partial charge on any atom is 0.227 e. The SMILES string of the molecule is O=C(Nc1cncc(-c2ccc3[nH]nc(-c4nc5c(-c6cc(O)cc(F)c6)cccc5[nH]4)c3n2)c1)C1CCCCC1. The van der Waals surface area contributed by atoms with Crippen molar-refractivity contribution in [3.05, 3.63) is 72.8 Å². The molecule has 1 amide bonds. The Morgan fingerprint density at radius 2 is 1.80 bits per heavy atom. The van der Waals surface area contributed by atoms with E-state index in [0.29, 0.717) is 45.1 Å². The van der Waals surface area contributed by atoms with Crippen molar-refractivity contribution >= 4 is 33.7 Å². The van der Waals surface area contributed by atoms with Crippen molar-refractivity contribution in [3.63, 3.8) is 0 Å². The zero-order valence-electron chi connectivity index (χ0n) is 22.0. The summed E-state index contributed by atoms with van der Waals surface area (Å²) in [6.07, 6.45) is 8.59. The van der Waals surface area contributed by atoms with Gasteiger partial charge in [-0.25, -0.2) is 14.4 Å². The Morgan fingerprint density at radius 3 is 2.66 bits per heavy atom. The molecule has 9 nitrogen and oxygen atoms in total. The average Bonchev–Trinajstić information content (AvgIpc) is 3.61. The van der Waals surface area contributed by atoms with E-state index < -0.39 is 5.82 Å². The fourth-order valence-corrected chi connectivity index (χ4v) is 5.59. The van der Waals surface area contributed by atoms with Gasteiger partial charge < -0.3 is 15.4 Å². The summed E-state index contributed by atoms with van der Waals surface area (Å²) in [6.45, 7) is 0. The van der Waals surface area contributed by atoms with Crippen molar-refractivity contribution in [2.75, 3.05) is 5.32 Å². The number of H-pyrrole nitrogens is 2. The van der Waals surface area contributed by atoms with Crippen LogP contribution in [0.15, 0.2) is 67.0 Å². The highest BCUT2D eigenvalue weighted by Gasteiger charge is 2.22. The zero-order chi connectivity index (χ0) is 27.9. The van der Waals surface area contributed by atoms with Crippen molar-refractivity contribution in [1.29, 1.82) is 0 Å². The number of nitrogens with one attached hydrogen (secondary N) is 3. The fraction of sp³-hybridized carbons (Fsp3) is 0.194. The molecule has 41 heavy (non-hydrogen) atoms. The number of para-hydroxylation sites is 1. The van der Waals surface area contributed by atoms with Crippen molar-refractivity contribution < 1.29 is 14.3 Å². The number of carbonyl (C=O) groups excluding carboxylic acids is 1. The number of pyridine rings is 2. The molecule has 4 aromatic heterocycles. The number of amides is 1. The number of phenols is 1. The van der Waals surface area contributed by atoms with Crippen molar-refractivity contribution in [2.24, 2.45) is 5.92 Å². The quantitative estimate of drug-likeness (QED) is 0.192. The van der Waals surface area contributed by atoms with Crippen LogP contribution in [0.25, 0.3) is 56.0 Å². The molecule has 0 bridgehead atoms. The van der Waals surface area contributed by atoms with Crippen LogP contribution < -0.4 is 5.32 Å². The van der Waals surface area contributed by atoms with Crippen LogP contribution in [0.4, 0.5) is 10.1 Å². The highest BCUT2D eigenvalue weighted by molar-refractivity contribution is 5.97. The number of benzene rings is 2. The zero-order valence-corrected chi connectivity index (χ0v) is 22.0. The standard InChI is InChI=1S/C31H26FN7O2/c32-20-11-18(13-22(40)14-20)23-7-4-8-25-27(23)37-30(36-25)29-28-26(38-39-29)10-9-24(35-28)19-12-21(16-33-15-19)34-31(41)17-5-2-1-3-6-17/h4,7-17,40H,1-3,5-6H2,(H,34,41)(H,36,37)(H,38,39). The van der Waals surface area contributed by atoms with Crippen LogP contribution >= 0.6 is 0 Å². The van der Waals surface area contributed by atoms with E-state index in [4.69, 9.17) is 9.97 Å². The van der Waals surface area contributed by atoms with Crippen LogP contribution in [-0.4, -0.2) is 41.1 Å². The Morgan fingerprint density at radius 1 is 0.927 bits per heavy atom. The number of fused-ring (bicyclic) bond motifs is 2. The third-order valence-electron chi connectivity index (χ3n) is 7.62. The van der Waals surface area contributed by atoms with Gasteiger partial charge in [-0.1, -0.05) is 31.4 Å². The summed E-state index contributed by atoms with van der Waals surface area (Å²) in [5, 5.41) is 20.5. The Hall–Kier alpha value is -5.12. The smallest absolute Gasteiger partial charge is 0.227 e. The lowest BCUT2D eigenvalue weighted by molar-refractivity contribution is -0.120. The first-order chi connectivity index (χ1) is 20.0. The van der Waals surface area contributed by atoms with Gasteiger partial charge in [-0.2, -0.15) is 5.10 Å². The second-order valence-electron chi connectivity index (χ2n) is 10.4. The first kappa shape index (κ1) is 24.9.